The standard InChI is InChI=1S/C8H16Cl3N.ClH5Si2/c1-6(2)12(7(3)4)5-8(9,10)11;1-3-2/h6-7H,5H2,1-4H3;3H2,2H3. The average molecular weight is 329 g/mol. The van der Waals surface area contributed by atoms with Crippen molar-refractivity contribution in [2.45, 2.75) is 43.6 Å². The summed E-state index contributed by atoms with van der Waals surface area (Å²) < 4.78 is -1.17. The molecule has 0 aromatic carbocycles. The first-order valence-corrected chi connectivity index (χ1v) is 14.0. The Labute approximate surface area is 119 Å². The third kappa shape index (κ3) is 13.5. The molecule has 0 aliphatic carbocycles. The molecule has 0 N–H and O–H groups in total. The maximum Gasteiger partial charge on any atom is 0.203 e. The van der Waals surface area contributed by atoms with E-state index in [9.17, 15) is 0 Å². The van der Waals surface area contributed by atoms with Crippen LogP contribution in [0.1, 0.15) is 27.7 Å². The maximum atomic E-state index is 5.71. The van der Waals surface area contributed by atoms with E-state index < -0.39 is 3.79 Å². The topological polar surface area (TPSA) is 3.24 Å². The summed E-state index contributed by atoms with van der Waals surface area (Å²) in [4.78, 5) is 2.15. The highest BCUT2D eigenvalue weighted by molar-refractivity contribution is 7.19. The van der Waals surface area contributed by atoms with Crippen LogP contribution in [0, 0.1) is 0 Å². The molecule has 0 saturated heterocycles. The lowest BCUT2D eigenvalue weighted by Gasteiger charge is -2.32. The van der Waals surface area contributed by atoms with Crippen LogP contribution in [0.5, 0.6) is 0 Å². The van der Waals surface area contributed by atoms with Gasteiger partial charge in [0, 0.05) is 28.4 Å². The lowest BCUT2D eigenvalue weighted by molar-refractivity contribution is 0.179. The van der Waals surface area contributed by atoms with Gasteiger partial charge in [-0.15, -0.1) is 0 Å². The van der Waals surface area contributed by atoms with Crippen LogP contribution in [0.2, 0.25) is 0 Å². The van der Waals surface area contributed by atoms with Crippen molar-refractivity contribution in [2.24, 2.45) is 0 Å². The van der Waals surface area contributed by atoms with Crippen LogP contribution in [0.3, 0.4) is 0 Å². The lowest BCUT2D eigenvalue weighted by Crippen LogP contribution is -2.42. The highest BCUT2D eigenvalue weighted by atomic mass is 35.6. The molecule has 0 fully saturated rings. The third-order valence-electron chi connectivity index (χ3n) is 1.69. The van der Waals surface area contributed by atoms with E-state index in [2.05, 4.69) is 32.6 Å². The fraction of sp³-hybridized carbons (Fsp3) is 1.00. The van der Waals surface area contributed by atoms with Gasteiger partial charge in [0.15, 0.2) is 0 Å². The molecule has 1 nitrogen and oxygen atoms in total. The predicted molar refractivity (Wildman–Crippen MR) is 81.6 cm³/mol. The van der Waals surface area contributed by atoms with Crippen LogP contribution in [0.4, 0.5) is 0 Å². The molecule has 0 aliphatic rings. The first kappa shape index (κ1) is 18.9. The number of halogens is 4. The van der Waals surface area contributed by atoms with Crippen molar-refractivity contribution in [3.05, 3.63) is 0 Å². The van der Waals surface area contributed by atoms with Crippen LogP contribution in [-0.4, -0.2) is 45.4 Å². The molecule has 0 radical (unpaired) electrons. The van der Waals surface area contributed by atoms with Crippen molar-refractivity contribution < 1.29 is 0 Å². The van der Waals surface area contributed by atoms with Crippen molar-refractivity contribution in [2.75, 3.05) is 6.54 Å². The van der Waals surface area contributed by atoms with Crippen molar-refractivity contribution in [1.82, 2.24) is 4.90 Å². The molecule has 0 rings (SSSR count). The van der Waals surface area contributed by atoms with E-state index in [1.165, 1.54) is 9.76 Å². The number of alkyl halides is 3. The first-order valence-electron chi connectivity index (χ1n) is 5.04. The van der Waals surface area contributed by atoms with Crippen LogP contribution in [0.25, 0.3) is 0 Å². The van der Waals surface area contributed by atoms with Gasteiger partial charge in [0.05, 0.1) is 0 Å². The summed E-state index contributed by atoms with van der Waals surface area (Å²) in [5.74, 6) is 0. The largest absolute Gasteiger partial charge is 0.294 e. The fourth-order valence-corrected chi connectivity index (χ4v) is 1.58. The summed E-state index contributed by atoms with van der Waals surface area (Å²) >= 11 is 22.3. The summed E-state index contributed by atoms with van der Waals surface area (Å²) in [6.45, 7) is 8.85. The number of rotatable bonds is 3. The molecule has 0 aliphatic heterocycles. The average Bonchev–Trinajstić information content (AvgIpc) is 1.99. The predicted octanol–water partition coefficient (Wildman–Crippen LogP) is 2.06. The van der Waals surface area contributed by atoms with Crippen LogP contribution in [0.15, 0.2) is 0 Å². The van der Waals surface area contributed by atoms with Crippen LogP contribution in [-0.2, 0) is 0 Å². The summed E-state index contributed by atoms with van der Waals surface area (Å²) in [5, 5.41) is 0. The molecule has 0 bridgehead atoms. The Bertz CT molecular complexity index is 142. The Kier molecular flexibility index (Phi) is 12.1. The lowest BCUT2D eigenvalue weighted by atomic mass is 10.2. The van der Waals surface area contributed by atoms with Crippen molar-refractivity contribution in [3.8, 4) is 0 Å². The van der Waals surface area contributed by atoms with Gasteiger partial charge in [0.25, 0.3) is 0 Å². The van der Waals surface area contributed by atoms with Crippen LogP contribution < -0.4 is 0 Å². The van der Waals surface area contributed by atoms with Gasteiger partial charge >= 0.3 is 0 Å². The first-order chi connectivity index (χ1) is 6.65. The molecule has 0 amide bonds. The highest BCUT2D eigenvalue weighted by Crippen LogP contribution is 2.28. The molecular formula is C8H21Cl4NSi2. The fourth-order valence-electron chi connectivity index (χ4n) is 1.17. The van der Waals surface area contributed by atoms with Gasteiger partial charge in [-0.3, -0.25) is 4.90 Å². The molecular weight excluding hydrogens is 308 g/mol. The summed E-state index contributed by atoms with van der Waals surface area (Å²) in [6.07, 6.45) is 0. The second-order valence-corrected chi connectivity index (χ2v) is 13.2. The molecule has 7 heteroatoms. The minimum Gasteiger partial charge on any atom is -0.294 e. The third-order valence-corrected chi connectivity index (χ3v) is 2.05. The minimum atomic E-state index is -1.17. The van der Waals surface area contributed by atoms with Gasteiger partial charge in [-0.05, 0) is 27.7 Å². The summed E-state index contributed by atoms with van der Waals surface area (Å²) in [6, 6.07) is 0.807. The van der Waals surface area contributed by atoms with Crippen LogP contribution >= 0.6 is 45.9 Å². The number of nitrogens with zero attached hydrogens (tertiary/aromatic N) is 1. The summed E-state index contributed by atoms with van der Waals surface area (Å²) in [5.41, 5.74) is 0. The molecule has 0 spiro atoms. The van der Waals surface area contributed by atoms with Gasteiger partial charge < -0.3 is 0 Å². The Morgan fingerprint density at radius 1 is 1.13 bits per heavy atom. The molecule has 0 saturated carbocycles. The Balaban J connectivity index is 0. The molecule has 0 heterocycles. The normalized spacial score (nSPS) is 13.0. The number of hydrogen-bond acceptors (Lipinski definition) is 1. The van der Waals surface area contributed by atoms with Gasteiger partial charge in [0.2, 0.25) is 3.79 Å². The quantitative estimate of drug-likeness (QED) is 0.435. The van der Waals surface area contributed by atoms with Crippen molar-refractivity contribution in [3.63, 3.8) is 0 Å². The Morgan fingerprint density at radius 3 is 1.47 bits per heavy atom. The molecule has 15 heavy (non-hydrogen) atoms. The van der Waals surface area contributed by atoms with Gasteiger partial charge in [0.1, 0.15) is 8.35 Å². The Morgan fingerprint density at radius 2 is 1.40 bits per heavy atom. The van der Waals surface area contributed by atoms with E-state index in [0.29, 0.717) is 18.6 Å². The van der Waals surface area contributed by atoms with E-state index >= 15 is 0 Å². The van der Waals surface area contributed by atoms with Crippen molar-refractivity contribution in [1.29, 1.82) is 0 Å². The van der Waals surface area contributed by atoms with E-state index in [4.69, 9.17) is 45.9 Å². The zero-order valence-corrected chi connectivity index (χ0v) is 16.5. The second kappa shape index (κ2) is 9.57. The Hall–Kier alpha value is 1.55. The molecule has 94 valence electrons. The van der Waals surface area contributed by atoms with Gasteiger partial charge in [-0.2, -0.15) is 11.1 Å². The van der Waals surface area contributed by atoms with Crippen molar-refractivity contribution >= 4 is 64.0 Å². The molecule has 0 unspecified atom stereocenters. The molecule has 0 aromatic heterocycles. The molecule has 0 aromatic rings. The zero-order chi connectivity index (χ0) is 12.6. The van der Waals surface area contributed by atoms with E-state index in [0.717, 1.165) is 0 Å². The monoisotopic (exact) mass is 327 g/mol. The highest BCUT2D eigenvalue weighted by Gasteiger charge is 2.26. The van der Waals surface area contributed by atoms with E-state index in [1.807, 2.05) is 0 Å². The maximum absolute atomic E-state index is 5.71. The minimum absolute atomic E-state index is 0.0278. The van der Waals surface area contributed by atoms with Gasteiger partial charge in [-0.1, -0.05) is 34.8 Å². The van der Waals surface area contributed by atoms with E-state index in [1.54, 1.807) is 0 Å². The number of hydrogen-bond donors (Lipinski definition) is 0. The SMILES string of the molecule is CC(C)N(CC(Cl)(Cl)Cl)C(C)C.[SiH3][SiH2]Cl. The second-order valence-electron chi connectivity index (χ2n) is 3.74. The summed E-state index contributed by atoms with van der Waals surface area (Å²) in [7, 11) is 1.30. The smallest absolute Gasteiger partial charge is 0.203 e. The van der Waals surface area contributed by atoms with Gasteiger partial charge in [-0.25, -0.2) is 0 Å². The zero-order valence-electron chi connectivity index (χ0n) is 10.0. The van der Waals surface area contributed by atoms with E-state index in [-0.39, 0.29) is 8.35 Å². The molecule has 0 atom stereocenters.